The summed E-state index contributed by atoms with van der Waals surface area (Å²) in [7, 11) is 0. The molecule has 1 aliphatic heterocycles. The lowest BCUT2D eigenvalue weighted by Gasteiger charge is -2.16. The second kappa shape index (κ2) is 3.90. The van der Waals surface area contributed by atoms with E-state index in [0.717, 1.165) is 30.8 Å². The van der Waals surface area contributed by atoms with Gasteiger partial charge in [0.15, 0.2) is 5.82 Å². The standard InChI is InChI=1S/C9H15N3OS/c1-2-3-7-11-8(12-13-7)9(10)4-5-14-6-9/h2-6,10H2,1H3. The van der Waals surface area contributed by atoms with Gasteiger partial charge in [-0.15, -0.1) is 0 Å². The van der Waals surface area contributed by atoms with Gasteiger partial charge in [0.05, 0.1) is 5.54 Å². The van der Waals surface area contributed by atoms with E-state index < -0.39 is 0 Å². The normalized spacial score (nSPS) is 27.0. The topological polar surface area (TPSA) is 64.9 Å². The molecule has 0 radical (unpaired) electrons. The van der Waals surface area contributed by atoms with Crippen molar-refractivity contribution < 1.29 is 4.52 Å². The minimum atomic E-state index is -0.347. The van der Waals surface area contributed by atoms with Crippen molar-refractivity contribution in [2.75, 3.05) is 11.5 Å². The van der Waals surface area contributed by atoms with Gasteiger partial charge in [0.2, 0.25) is 5.89 Å². The lowest BCUT2D eigenvalue weighted by atomic mass is 10.00. The summed E-state index contributed by atoms with van der Waals surface area (Å²) in [6, 6.07) is 0. The minimum Gasteiger partial charge on any atom is -0.339 e. The maximum Gasteiger partial charge on any atom is 0.226 e. The fourth-order valence-electron chi connectivity index (χ4n) is 1.53. The molecular weight excluding hydrogens is 198 g/mol. The Labute approximate surface area is 87.6 Å². The van der Waals surface area contributed by atoms with Crippen molar-refractivity contribution in [3.63, 3.8) is 0 Å². The van der Waals surface area contributed by atoms with Crippen molar-refractivity contribution in [2.45, 2.75) is 31.7 Å². The Kier molecular flexibility index (Phi) is 2.78. The highest BCUT2D eigenvalue weighted by atomic mass is 32.2. The molecule has 1 aromatic heterocycles. The van der Waals surface area contributed by atoms with Crippen molar-refractivity contribution >= 4 is 11.8 Å². The lowest BCUT2D eigenvalue weighted by molar-refractivity contribution is 0.356. The molecule has 2 heterocycles. The molecule has 2 rings (SSSR count). The fraction of sp³-hybridized carbons (Fsp3) is 0.778. The highest BCUT2D eigenvalue weighted by Crippen LogP contribution is 2.32. The number of hydrogen-bond acceptors (Lipinski definition) is 5. The molecule has 1 saturated heterocycles. The molecule has 0 amide bonds. The Bertz CT molecular complexity index is 307. The smallest absolute Gasteiger partial charge is 0.226 e. The van der Waals surface area contributed by atoms with Crippen LogP contribution in [-0.4, -0.2) is 21.6 Å². The van der Waals surface area contributed by atoms with E-state index in [2.05, 4.69) is 17.1 Å². The highest BCUT2D eigenvalue weighted by Gasteiger charge is 2.36. The van der Waals surface area contributed by atoms with Gasteiger partial charge in [-0.3, -0.25) is 0 Å². The first kappa shape index (κ1) is 9.98. The number of thioether (sulfide) groups is 1. The monoisotopic (exact) mass is 213 g/mol. The molecule has 4 nitrogen and oxygen atoms in total. The van der Waals surface area contributed by atoms with Crippen molar-refractivity contribution in [3.8, 4) is 0 Å². The molecular formula is C9H15N3OS. The molecule has 0 spiro atoms. The Morgan fingerprint density at radius 2 is 2.50 bits per heavy atom. The molecule has 78 valence electrons. The van der Waals surface area contributed by atoms with Crippen LogP contribution in [-0.2, 0) is 12.0 Å². The zero-order chi connectivity index (χ0) is 10.0. The molecule has 0 bridgehead atoms. The van der Waals surface area contributed by atoms with Crippen LogP contribution in [0.1, 0.15) is 31.5 Å². The quantitative estimate of drug-likeness (QED) is 0.820. The second-order valence-electron chi connectivity index (χ2n) is 3.72. The third-order valence-corrected chi connectivity index (χ3v) is 3.64. The largest absolute Gasteiger partial charge is 0.339 e. The van der Waals surface area contributed by atoms with Gasteiger partial charge in [-0.1, -0.05) is 12.1 Å². The second-order valence-corrected chi connectivity index (χ2v) is 4.83. The summed E-state index contributed by atoms with van der Waals surface area (Å²) in [5, 5.41) is 3.96. The molecule has 1 aliphatic rings. The van der Waals surface area contributed by atoms with E-state index in [1.54, 1.807) is 0 Å². The highest BCUT2D eigenvalue weighted by molar-refractivity contribution is 7.99. The van der Waals surface area contributed by atoms with Gasteiger partial charge in [0, 0.05) is 12.2 Å². The first-order valence-electron chi connectivity index (χ1n) is 4.94. The number of rotatable bonds is 3. The summed E-state index contributed by atoms with van der Waals surface area (Å²) in [6.45, 7) is 2.09. The Balaban J connectivity index is 2.15. The van der Waals surface area contributed by atoms with Crippen molar-refractivity contribution in [1.29, 1.82) is 0 Å². The van der Waals surface area contributed by atoms with E-state index >= 15 is 0 Å². The van der Waals surface area contributed by atoms with Crippen LogP contribution in [0.5, 0.6) is 0 Å². The number of hydrogen-bond donors (Lipinski definition) is 1. The predicted molar refractivity (Wildman–Crippen MR) is 56.1 cm³/mol. The first-order valence-corrected chi connectivity index (χ1v) is 6.10. The molecule has 1 atom stereocenters. The molecule has 0 aliphatic carbocycles. The molecule has 0 aromatic carbocycles. The average molecular weight is 213 g/mol. The van der Waals surface area contributed by atoms with Crippen LogP contribution in [0.3, 0.4) is 0 Å². The van der Waals surface area contributed by atoms with Gasteiger partial charge in [0.1, 0.15) is 0 Å². The number of nitrogens with two attached hydrogens (primary N) is 1. The SMILES string of the molecule is CCCc1nc(C2(N)CCSC2)no1. The first-order chi connectivity index (χ1) is 6.74. The van der Waals surface area contributed by atoms with Crippen molar-refractivity contribution in [3.05, 3.63) is 11.7 Å². The Hall–Kier alpha value is -0.550. The van der Waals surface area contributed by atoms with E-state index in [1.807, 2.05) is 11.8 Å². The third-order valence-electron chi connectivity index (χ3n) is 2.43. The summed E-state index contributed by atoms with van der Waals surface area (Å²) in [6.07, 6.45) is 2.81. The summed E-state index contributed by atoms with van der Waals surface area (Å²) in [5.74, 6) is 3.39. The van der Waals surface area contributed by atoms with E-state index in [1.165, 1.54) is 0 Å². The van der Waals surface area contributed by atoms with Crippen molar-refractivity contribution in [2.24, 2.45) is 5.73 Å². The molecule has 14 heavy (non-hydrogen) atoms. The fourth-order valence-corrected chi connectivity index (χ4v) is 2.82. The van der Waals surface area contributed by atoms with Crippen LogP contribution in [0, 0.1) is 0 Å². The summed E-state index contributed by atoms with van der Waals surface area (Å²) in [4.78, 5) is 4.34. The van der Waals surface area contributed by atoms with Crippen LogP contribution in [0.2, 0.25) is 0 Å². The molecule has 0 saturated carbocycles. The van der Waals surface area contributed by atoms with Gasteiger partial charge >= 0.3 is 0 Å². The number of aromatic nitrogens is 2. The van der Waals surface area contributed by atoms with Crippen LogP contribution in [0.15, 0.2) is 4.52 Å². The number of aryl methyl sites for hydroxylation is 1. The van der Waals surface area contributed by atoms with Gasteiger partial charge in [-0.25, -0.2) is 0 Å². The van der Waals surface area contributed by atoms with E-state index in [-0.39, 0.29) is 5.54 Å². The number of nitrogens with zero attached hydrogens (tertiary/aromatic N) is 2. The minimum absolute atomic E-state index is 0.347. The van der Waals surface area contributed by atoms with Crippen LogP contribution < -0.4 is 5.73 Å². The zero-order valence-corrected chi connectivity index (χ0v) is 9.14. The molecule has 1 fully saturated rings. The third kappa shape index (κ3) is 1.79. The molecule has 1 aromatic rings. The maximum atomic E-state index is 6.18. The molecule has 5 heteroatoms. The van der Waals surface area contributed by atoms with Crippen molar-refractivity contribution in [1.82, 2.24) is 10.1 Å². The molecule has 1 unspecified atom stereocenters. The Morgan fingerprint density at radius 3 is 3.14 bits per heavy atom. The average Bonchev–Trinajstić information content (AvgIpc) is 2.75. The molecule has 2 N–H and O–H groups in total. The van der Waals surface area contributed by atoms with Crippen LogP contribution in [0.4, 0.5) is 0 Å². The predicted octanol–water partition coefficient (Wildman–Crippen LogP) is 1.31. The van der Waals surface area contributed by atoms with Gasteiger partial charge in [-0.2, -0.15) is 16.7 Å². The van der Waals surface area contributed by atoms with E-state index in [9.17, 15) is 0 Å². The lowest BCUT2D eigenvalue weighted by Crippen LogP contribution is -2.37. The van der Waals surface area contributed by atoms with Gasteiger partial charge in [-0.05, 0) is 18.6 Å². The maximum absolute atomic E-state index is 6.18. The summed E-state index contributed by atoms with van der Waals surface area (Å²) < 4.78 is 5.13. The van der Waals surface area contributed by atoms with E-state index in [4.69, 9.17) is 10.3 Å². The Morgan fingerprint density at radius 1 is 1.64 bits per heavy atom. The zero-order valence-electron chi connectivity index (χ0n) is 8.32. The summed E-state index contributed by atoms with van der Waals surface area (Å²) in [5.41, 5.74) is 5.84. The van der Waals surface area contributed by atoms with Crippen LogP contribution in [0.25, 0.3) is 0 Å². The van der Waals surface area contributed by atoms with E-state index in [0.29, 0.717) is 11.7 Å². The van der Waals surface area contributed by atoms with Gasteiger partial charge in [0.25, 0.3) is 0 Å². The van der Waals surface area contributed by atoms with Gasteiger partial charge < -0.3 is 10.3 Å². The van der Waals surface area contributed by atoms with Crippen LogP contribution >= 0.6 is 11.8 Å². The summed E-state index contributed by atoms with van der Waals surface area (Å²) >= 11 is 1.85.